The first kappa shape index (κ1) is 28.4. The zero-order chi connectivity index (χ0) is 29.1. The predicted octanol–water partition coefficient (Wildman–Crippen LogP) is 6.03. The van der Waals surface area contributed by atoms with Crippen molar-refractivity contribution in [1.29, 1.82) is 0 Å². The van der Waals surface area contributed by atoms with Crippen LogP contribution in [-0.4, -0.2) is 33.8 Å². The SMILES string of the molecule is COc1ccc([C@H]2C(C(=O)Nc3ccccn3)=C(C)NC3=C2C(=O)CCC3)cc1CSc1nc(C)cc(C(F)F)n1. The number of benzene rings is 1. The van der Waals surface area contributed by atoms with Gasteiger partial charge in [0.15, 0.2) is 10.9 Å². The van der Waals surface area contributed by atoms with E-state index < -0.39 is 12.3 Å². The number of halogens is 2. The van der Waals surface area contributed by atoms with E-state index in [1.807, 2.05) is 19.1 Å². The summed E-state index contributed by atoms with van der Waals surface area (Å²) in [5.74, 6) is 0.340. The number of Topliss-reactive ketones (excluding diaryl/α,β-unsaturated/α-hetero) is 1. The Kier molecular flexibility index (Phi) is 8.44. The first-order valence-corrected chi connectivity index (χ1v) is 14.1. The summed E-state index contributed by atoms with van der Waals surface area (Å²) in [6, 6.07) is 12.1. The number of nitrogens with one attached hydrogen (secondary N) is 2. The first-order valence-electron chi connectivity index (χ1n) is 13.1. The molecule has 1 aromatic carbocycles. The summed E-state index contributed by atoms with van der Waals surface area (Å²) in [6.07, 6.45) is 0.743. The molecule has 1 aliphatic heterocycles. The average molecular weight is 578 g/mol. The number of pyridine rings is 1. The fourth-order valence-corrected chi connectivity index (χ4v) is 6.10. The molecule has 0 saturated heterocycles. The Hall–Kier alpha value is -4.12. The number of nitrogens with zero attached hydrogens (tertiary/aromatic N) is 3. The molecule has 3 aromatic rings. The molecule has 2 N–H and O–H groups in total. The Morgan fingerprint density at radius 1 is 1.17 bits per heavy atom. The minimum atomic E-state index is -2.70. The number of aromatic nitrogens is 3. The van der Waals surface area contributed by atoms with E-state index in [4.69, 9.17) is 4.74 Å². The standard InChI is InChI=1S/C30H29F2N5O3S/c1-16-13-21(28(31)32)36-30(34-16)41-15-19-14-18(10-11-23(19)40-3)26-25(29(39)37-24-9-4-5-12-33-24)17(2)35-20-7-6-8-22(38)27(20)26/h4-5,9-14,26,28,35H,6-8,15H2,1-3H3,(H,33,37,39)/t26-/m0/s1. The second kappa shape index (κ2) is 12.2. The summed E-state index contributed by atoms with van der Waals surface area (Å²) in [5.41, 5.74) is 4.13. The molecule has 1 amide bonds. The minimum Gasteiger partial charge on any atom is -0.496 e. The Bertz CT molecular complexity index is 1560. The van der Waals surface area contributed by atoms with Crippen molar-refractivity contribution in [3.8, 4) is 5.75 Å². The van der Waals surface area contributed by atoms with Crippen LogP contribution in [0.4, 0.5) is 14.6 Å². The molecule has 5 rings (SSSR count). The summed E-state index contributed by atoms with van der Waals surface area (Å²) >= 11 is 1.21. The van der Waals surface area contributed by atoms with E-state index in [0.29, 0.717) is 52.7 Å². The number of dihydropyridines is 1. The largest absolute Gasteiger partial charge is 0.496 e. The van der Waals surface area contributed by atoms with Crippen molar-refractivity contribution in [2.75, 3.05) is 12.4 Å². The topological polar surface area (TPSA) is 106 Å². The third kappa shape index (κ3) is 6.14. The van der Waals surface area contributed by atoms with Gasteiger partial charge in [-0.05, 0) is 56.5 Å². The Morgan fingerprint density at radius 2 is 2.00 bits per heavy atom. The number of ketones is 1. The molecule has 8 nitrogen and oxygen atoms in total. The fourth-order valence-electron chi connectivity index (χ4n) is 5.21. The molecule has 1 atom stereocenters. The minimum absolute atomic E-state index is 0.00109. The van der Waals surface area contributed by atoms with Crippen LogP contribution in [0.5, 0.6) is 5.75 Å². The lowest BCUT2D eigenvalue weighted by Gasteiger charge is -2.34. The van der Waals surface area contributed by atoms with Gasteiger partial charge in [-0.25, -0.2) is 23.7 Å². The molecule has 0 bridgehead atoms. The highest BCUT2D eigenvalue weighted by atomic mass is 32.2. The molecule has 3 heterocycles. The zero-order valence-electron chi connectivity index (χ0n) is 22.8. The molecule has 0 unspecified atom stereocenters. The molecular formula is C30H29F2N5O3S. The number of alkyl halides is 2. The van der Waals surface area contributed by atoms with E-state index in [-0.39, 0.29) is 22.5 Å². The van der Waals surface area contributed by atoms with Crippen molar-refractivity contribution >= 4 is 29.3 Å². The van der Waals surface area contributed by atoms with E-state index in [2.05, 4.69) is 25.6 Å². The van der Waals surface area contributed by atoms with Gasteiger partial charge in [-0.15, -0.1) is 0 Å². The predicted molar refractivity (Wildman–Crippen MR) is 152 cm³/mol. The molecule has 11 heteroatoms. The van der Waals surface area contributed by atoms with Crippen molar-refractivity contribution in [2.45, 2.75) is 56.4 Å². The van der Waals surface area contributed by atoms with Crippen molar-refractivity contribution in [1.82, 2.24) is 20.3 Å². The zero-order valence-corrected chi connectivity index (χ0v) is 23.6. The number of aryl methyl sites for hydroxylation is 1. The van der Waals surface area contributed by atoms with Crippen molar-refractivity contribution < 1.29 is 23.1 Å². The van der Waals surface area contributed by atoms with Gasteiger partial charge in [0.1, 0.15) is 17.3 Å². The molecule has 212 valence electrons. The summed E-state index contributed by atoms with van der Waals surface area (Å²) in [4.78, 5) is 39.5. The highest BCUT2D eigenvalue weighted by molar-refractivity contribution is 7.98. The second-order valence-corrected chi connectivity index (χ2v) is 10.8. The first-order chi connectivity index (χ1) is 19.7. The molecule has 1 aliphatic carbocycles. The fraction of sp³-hybridized carbons (Fsp3) is 0.300. The molecule has 0 saturated carbocycles. The Balaban J connectivity index is 1.53. The van der Waals surface area contributed by atoms with Gasteiger partial charge in [-0.3, -0.25) is 9.59 Å². The van der Waals surface area contributed by atoms with Crippen LogP contribution in [0.2, 0.25) is 0 Å². The smallest absolute Gasteiger partial charge is 0.280 e. The summed E-state index contributed by atoms with van der Waals surface area (Å²) in [7, 11) is 1.55. The van der Waals surface area contributed by atoms with Gasteiger partial charge in [0, 0.05) is 58.1 Å². The lowest BCUT2D eigenvalue weighted by molar-refractivity contribution is -0.116. The molecule has 41 heavy (non-hydrogen) atoms. The summed E-state index contributed by atoms with van der Waals surface area (Å²) < 4.78 is 32.2. The van der Waals surface area contributed by atoms with Crippen LogP contribution in [-0.2, 0) is 15.3 Å². The van der Waals surface area contributed by atoms with Crippen LogP contribution in [0.3, 0.4) is 0 Å². The number of allylic oxidation sites excluding steroid dienone is 3. The Morgan fingerprint density at radius 3 is 2.73 bits per heavy atom. The number of methoxy groups -OCH3 is 1. The monoisotopic (exact) mass is 577 g/mol. The highest BCUT2D eigenvalue weighted by Gasteiger charge is 2.38. The maximum Gasteiger partial charge on any atom is 0.280 e. The van der Waals surface area contributed by atoms with Gasteiger partial charge in [-0.2, -0.15) is 0 Å². The molecule has 0 fully saturated rings. The van der Waals surface area contributed by atoms with Gasteiger partial charge < -0.3 is 15.4 Å². The quantitative estimate of drug-likeness (QED) is 0.247. The molecular weight excluding hydrogens is 548 g/mol. The van der Waals surface area contributed by atoms with E-state index in [1.165, 1.54) is 17.8 Å². The number of hydrogen-bond acceptors (Lipinski definition) is 8. The number of amides is 1. The average Bonchev–Trinajstić information content (AvgIpc) is 2.95. The summed E-state index contributed by atoms with van der Waals surface area (Å²) in [5, 5.41) is 6.42. The van der Waals surface area contributed by atoms with Crippen LogP contribution in [0.25, 0.3) is 0 Å². The molecule has 2 aliphatic rings. The number of carbonyl (C=O) groups is 2. The number of carbonyl (C=O) groups excluding carboxylic acids is 2. The lowest BCUT2D eigenvalue weighted by atomic mass is 9.74. The second-order valence-electron chi connectivity index (χ2n) is 9.81. The molecule has 0 radical (unpaired) electrons. The van der Waals surface area contributed by atoms with Gasteiger partial charge in [-0.1, -0.05) is 30.0 Å². The highest BCUT2D eigenvalue weighted by Crippen LogP contribution is 2.43. The number of anilines is 1. The number of thioether (sulfide) groups is 1. The van der Waals surface area contributed by atoms with Crippen LogP contribution in [0.15, 0.2) is 76.4 Å². The third-order valence-electron chi connectivity index (χ3n) is 7.00. The number of ether oxygens (including phenoxy) is 1. The van der Waals surface area contributed by atoms with Gasteiger partial charge in [0.2, 0.25) is 0 Å². The van der Waals surface area contributed by atoms with Crippen LogP contribution >= 0.6 is 11.8 Å². The number of hydrogen-bond donors (Lipinski definition) is 2. The number of rotatable bonds is 8. The summed E-state index contributed by atoms with van der Waals surface area (Å²) in [6.45, 7) is 3.48. The van der Waals surface area contributed by atoms with Gasteiger partial charge in [0.05, 0.1) is 7.11 Å². The third-order valence-corrected chi connectivity index (χ3v) is 7.89. The van der Waals surface area contributed by atoms with E-state index in [0.717, 1.165) is 23.2 Å². The van der Waals surface area contributed by atoms with Gasteiger partial charge >= 0.3 is 0 Å². The lowest BCUT2D eigenvalue weighted by Crippen LogP contribution is -2.35. The van der Waals surface area contributed by atoms with Crippen LogP contribution in [0, 0.1) is 6.92 Å². The van der Waals surface area contributed by atoms with Crippen molar-refractivity contribution in [3.05, 3.63) is 93.7 Å². The maximum atomic E-state index is 13.7. The molecule has 2 aromatic heterocycles. The van der Waals surface area contributed by atoms with Gasteiger partial charge in [0.25, 0.3) is 12.3 Å². The van der Waals surface area contributed by atoms with Crippen molar-refractivity contribution in [3.63, 3.8) is 0 Å². The molecule has 0 spiro atoms. The Labute approximate surface area is 240 Å². The van der Waals surface area contributed by atoms with E-state index >= 15 is 0 Å². The van der Waals surface area contributed by atoms with E-state index in [9.17, 15) is 18.4 Å². The maximum absolute atomic E-state index is 13.7. The van der Waals surface area contributed by atoms with Crippen LogP contribution < -0.4 is 15.4 Å². The van der Waals surface area contributed by atoms with Crippen LogP contribution in [0.1, 0.15) is 61.0 Å². The van der Waals surface area contributed by atoms with E-state index in [1.54, 1.807) is 44.5 Å². The van der Waals surface area contributed by atoms with Crippen molar-refractivity contribution in [2.24, 2.45) is 0 Å². The normalized spacial score (nSPS) is 16.9.